The number of nitrogens with zero attached hydrogens (tertiary/aromatic N) is 2. The average molecular weight is 686 g/mol. The van der Waals surface area contributed by atoms with Gasteiger partial charge >= 0.3 is 0 Å². The third-order valence-electron chi connectivity index (χ3n) is 9.03. The number of anilines is 1. The summed E-state index contributed by atoms with van der Waals surface area (Å²) in [5.41, 5.74) is 4.76. The maximum atomic E-state index is 14.7. The number of amides is 2. The Labute approximate surface area is 290 Å². The van der Waals surface area contributed by atoms with E-state index in [4.69, 9.17) is 11.6 Å². The summed E-state index contributed by atoms with van der Waals surface area (Å²) in [7, 11) is -4.21. The fourth-order valence-corrected chi connectivity index (χ4v) is 7.67. The van der Waals surface area contributed by atoms with Crippen LogP contribution in [0.25, 0.3) is 0 Å². The minimum atomic E-state index is -4.21. The molecule has 0 spiro atoms. The second kappa shape index (κ2) is 15.8. The molecule has 0 bridgehead atoms. The number of rotatable bonds is 12. The Bertz CT molecular complexity index is 1810. The number of aryl methyl sites for hydroxylation is 3. The van der Waals surface area contributed by atoms with Crippen LogP contribution in [-0.2, 0) is 32.6 Å². The molecule has 48 heavy (non-hydrogen) atoms. The summed E-state index contributed by atoms with van der Waals surface area (Å²) in [5.74, 6) is -0.736. The molecule has 0 unspecified atom stereocenters. The van der Waals surface area contributed by atoms with Crippen LogP contribution in [0.2, 0.25) is 5.02 Å². The molecule has 1 aliphatic rings. The molecule has 4 aromatic rings. The Morgan fingerprint density at radius 3 is 2.06 bits per heavy atom. The van der Waals surface area contributed by atoms with Crippen LogP contribution in [0.4, 0.5) is 5.69 Å². The molecule has 0 radical (unpaired) electrons. The molecule has 1 saturated carbocycles. The molecule has 9 heteroatoms. The van der Waals surface area contributed by atoms with Crippen LogP contribution in [0, 0.1) is 20.8 Å². The first kappa shape index (κ1) is 35.2. The van der Waals surface area contributed by atoms with E-state index in [1.165, 1.54) is 12.1 Å². The molecule has 1 atom stereocenters. The second-order valence-corrected chi connectivity index (χ2v) is 15.1. The van der Waals surface area contributed by atoms with E-state index in [-0.39, 0.29) is 35.5 Å². The van der Waals surface area contributed by atoms with Crippen LogP contribution in [0.15, 0.2) is 102 Å². The molecule has 0 saturated heterocycles. The lowest BCUT2D eigenvalue weighted by Gasteiger charge is -2.35. The second-order valence-electron chi connectivity index (χ2n) is 12.8. The Morgan fingerprint density at radius 1 is 0.812 bits per heavy atom. The largest absolute Gasteiger partial charge is 0.352 e. The van der Waals surface area contributed by atoms with Gasteiger partial charge in [0.1, 0.15) is 12.6 Å². The van der Waals surface area contributed by atoms with Crippen molar-refractivity contribution in [1.29, 1.82) is 0 Å². The molecule has 1 N–H and O–H groups in total. The predicted molar refractivity (Wildman–Crippen MR) is 193 cm³/mol. The lowest BCUT2D eigenvalue weighted by Crippen LogP contribution is -2.55. The van der Waals surface area contributed by atoms with Crippen molar-refractivity contribution >= 4 is 39.1 Å². The molecular formula is C39H44ClN3O4S. The van der Waals surface area contributed by atoms with E-state index in [1.54, 1.807) is 35.2 Å². The lowest BCUT2D eigenvalue weighted by molar-refractivity contribution is -0.140. The summed E-state index contributed by atoms with van der Waals surface area (Å²) in [6, 6.07) is 28.1. The van der Waals surface area contributed by atoms with Crippen LogP contribution in [0.5, 0.6) is 0 Å². The quantitative estimate of drug-likeness (QED) is 0.167. The van der Waals surface area contributed by atoms with Crippen LogP contribution < -0.4 is 9.62 Å². The van der Waals surface area contributed by atoms with Crippen molar-refractivity contribution in [3.63, 3.8) is 0 Å². The van der Waals surface area contributed by atoms with E-state index in [0.29, 0.717) is 5.02 Å². The smallest absolute Gasteiger partial charge is 0.264 e. The Morgan fingerprint density at radius 2 is 1.44 bits per heavy atom. The number of carbonyl (C=O) groups excluding carboxylic acids is 2. The van der Waals surface area contributed by atoms with Gasteiger partial charge in [-0.2, -0.15) is 0 Å². The molecule has 1 fully saturated rings. The van der Waals surface area contributed by atoms with Gasteiger partial charge in [-0.15, -0.1) is 0 Å². The number of nitrogens with one attached hydrogen (secondary N) is 1. The maximum absolute atomic E-state index is 14.7. The standard InChI is InChI=1S/C39H44ClN3O4S/c1-28-14-19-32(20-15-28)26-42(37(24-31-10-6-4-7-11-31)39(45)41-33-12-8-5-9-13-33)38(44)27-43(34-21-18-30(3)36(40)25-34)48(46,47)35-22-16-29(2)17-23-35/h4,6-7,10-11,14-23,25,33,37H,5,8-9,12-13,24,26-27H2,1-3H3,(H,41,45)/t37-/m0/s1. The van der Waals surface area contributed by atoms with E-state index in [2.05, 4.69) is 5.32 Å². The van der Waals surface area contributed by atoms with Gasteiger partial charge in [0.2, 0.25) is 11.8 Å². The van der Waals surface area contributed by atoms with Crippen molar-refractivity contribution in [3.8, 4) is 0 Å². The molecule has 1 aliphatic carbocycles. The van der Waals surface area contributed by atoms with Crippen molar-refractivity contribution in [1.82, 2.24) is 10.2 Å². The molecule has 0 heterocycles. The molecule has 5 rings (SSSR count). The SMILES string of the molecule is Cc1ccc(CN(C(=O)CN(c2ccc(C)c(Cl)c2)S(=O)(=O)c2ccc(C)cc2)[C@@H](Cc2ccccc2)C(=O)NC2CCCCC2)cc1. The molecule has 7 nitrogen and oxygen atoms in total. The molecule has 4 aromatic carbocycles. The maximum Gasteiger partial charge on any atom is 0.264 e. The highest BCUT2D eigenvalue weighted by atomic mass is 35.5. The van der Waals surface area contributed by atoms with Crippen molar-refractivity contribution in [2.45, 2.75) is 82.8 Å². The minimum absolute atomic E-state index is 0.0361. The van der Waals surface area contributed by atoms with Crippen molar-refractivity contribution in [2.24, 2.45) is 0 Å². The highest BCUT2D eigenvalue weighted by molar-refractivity contribution is 7.92. The van der Waals surface area contributed by atoms with Gasteiger partial charge in [-0.25, -0.2) is 8.42 Å². The van der Waals surface area contributed by atoms with Crippen LogP contribution in [0.1, 0.15) is 59.9 Å². The monoisotopic (exact) mass is 685 g/mol. The third-order valence-corrected chi connectivity index (χ3v) is 11.2. The fraction of sp³-hybridized carbons (Fsp3) is 0.333. The number of benzene rings is 4. The van der Waals surface area contributed by atoms with Gasteiger partial charge < -0.3 is 10.2 Å². The first-order valence-electron chi connectivity index (χ1n) is 16.6. The van der Waals surface area contributed by atoms with Gasteiger partial charge in [0.15, 0.2) is 0 Å². The van der Waals surface area contributed by atoms with E-state index in [0.717, 1.165) is 64.2 Å². The van der Waals surface area contributed by atoms with E-state index in [9.17, 15) is 18.0 Å². The number of carbonyl (C=O) groups is 2. The third kappa shape index (κ3) is 8.85. The summed E-state index contributed by atoms with van der Waals surface area (Å²) in [6.45, 7) is 5.30. The highest BCUT2D eigenvalue weighted by Gasteiger charge is 2.35. The zero-order chi connectivity index (χ0) is 34.3. The first-order chi connectivity index (χ1) is 23.0. The fourth-order valence-electron chi connectivity index (χ4n) is 6.09. The number of hydrogen-bond donors (Lipinski definition) is 1. The average Bonchev–Trinajstić information content (AvgIpc) is 3.08. The predicted octanol–water partition coefficient (Wildman–Crippen LogP) is 7.55. The number of hydrogen-bond acceptors (Lipinski definition) is 4. The van der Waals surface area contributed by atoms with Crippen molar-refractivity contribution in [3.05, 3.63) is 130 Å². The van der Waals surface area contributed by atoms with Crippen LogP contribution >= 0.6 is 11.6 Å². The summed E-state index contributed by atoms with van der Waals surface area (Å²) >= 11 is 6.50. The van der Waals surface area contributed by atoms with Crippen molar-refractivity contribution < 1.29 is 18.0 Å². The van der Waals surface area contributed by atoms with Crippen molar-refractivity contribution in [2.75, 3.05) is 10.8 Å². The Kier molecular flexibility index (Phi) is 11.6. The molecule has 0 aliphatic heterocycles. The van der Waals surface area contributed by atoms with Gasteiger partial charge in [-0.05, 0) is 74.6 Å². The topological polar surface area (TPSA) is 86.8 Å². The molecule has 2 amide bonds. The van der Waals surface area contributed by atoms with Crippen LogP contribution in [-0.4, -0.2) is 43.8 Å². The first-order valence-corrected chi connectivity index (χ1v) is 18.4. The van der Waals surface area contributed by atoms with Gasteiger partial charge in [-0.1, -0.05) is 115 Å². The lowest BCUT2D eigenvalue weighted by atomic mass is 9.94. The van der Waals surface area contributed by atoms with Gasteiger partial charge in [0.25, 0.3) is 10.0 Å². The minimum Gasteiger partial charge on any atom is -0.352 e. The Hall–Kier alpha value is -4.14. The zero-order valence-electron chi connectivity index (χ0n) is 27.9. The van der Waals surface area contributed by atoms with E-state index < -0.39 is 28.5 Å². The normalized spacial score (nSPS) is 14.2. The summed E-state index contributed by atoms with van der Waals surface area (Å²) in [6.07, 6.45) is 5.31. The number of sulfonamides is 1. The molecular weight excluding hydrogens is 642 g/mol. The van der Waals surface area contributed by atoms with Gasteiger partial charge in [0.05, 0.1) is 10.6 Å². The molecule has 0 aromatic heterocycles. The zero-order valence-corrected chi connectivity index (χ0v) is 29.4. The molecule has 252 valence electrons. The van der Waals surface area contributed by atoms with Gasteiger partial charge in [0, 0.05) is 24.0 Å². The van der Waals surface area contributed by atoms with E-state index in [1.807, 2.05) is 75.4 Å². The van der Waals surface area contributed by atoms with Gasteiger partial charge in [-0.3, -0.25) is 13.9 Å². The Balaban J connectivity index is 1.57. The summed E-state index contributed by atoms with van der Waals surface area (Å²) in [5, 5.41) is 3.63. The summed E-state index contributed by atoms with van der Waals surface area (Å²) < 4.78 is 29.7. The highest BCUT2D eigenvalue weighted by Crippen LogP contribution is 2.29. The summed E-state index contributed by atoms with van der Waals surface area (Å²) in [4.78, 5) is 30.6. The van der Waals surface area contributed by atoms with E-state index >= 15 is 0 Å². The van der Waals surface area contributed by atoms with Crippen LogP contribution in [0.3, 0.4) is 0 Å². The number of halogens is 1.